The molecule has 7 heteroatoms. The predicted molar refractivity (Wildman–Crippen MR) is 109 cm³/mol. The number of carbonyl (C=O) groups is 1. The van der Waals surface area contributed by atoms with Gasteiger partial charge < -0.3 is 19.8 Å². The highest BCUT2D eigenvalue weighted by molar-refractivity contribution is 6.09. The van der Waals surface area contributed by atoms with Crippen LogP contribution in [0.15, 0.2) is 36.7 Å². The van der Waals surface area contributed by atoms with Gasteiger partial charge in [0.1, 0.15) is 11.9 Å². The van der Waals surface area contributed by atoms with Crippen molar-refractivity contribution in [3.63, 3.8) is 0 Å². The SMILES string of the molecule is Cn1cc2c(n1)-c1c(C(=O)Nc3ccc(O[C@H]4CCOC4)cc3)c[nH]c1CCC2. The maximum atomic E-state index is 13.0. The molecule has 0 unspecified atom stereocenters. The summed E-state index contributed by atoms with van der Waals surface area (Å²) in [7, 11) is 1.92. The largest absolute Gasteiger partial charge is 0.488 e. The second kappa shape index (κ2) is 7.40. The molecule has 3 heterocycles. The van der Waals surface area contributed by atoms with Crippen molar-refractivity contribution in [3.05, 3.63) is 53.5 Å². The van der Waals surface area contributed by atoms with Crippen molar-refractivity contribution in [2.45, 2.75) is 31.8 Å². The summed E-state index contributed by atoms with van der Waals surface area (Å²) in [5.74, 6) is 0.644. The summed E-state index contributed by atoms with van der Waals surface area (Å²) in [5.41, 5.74) is 5.47. The topological polar surface area (TPSA) is 81.2 Å². The van der Waals surface area contributed by atoms with Gasteiger partial charge in [0.2, 0.25) is 0 Å². The highest BCUT2D eigenvalue weighted by Gasteiger charge is 2.25. The fourth-order valence-electron chi connectivity index (χ4n) is 4.11. The van der Waals surface area contributed by atoms with Gasteiger partial charge in [0.25, 0.3) is 5.91 Å². The van der Waals surface area contributed by atoms with Crippen LogP contribution in [0, 0.1) is 0 Å². The Hall–Kier alpha value is -3.06. The zero-order valence-electron chi connectivity index (χ0n) is 16.4. The van der Waals surface area contributed by atoms with Gasteiger partial charge in [0.05, 0.1) is 24.5 Å². The standard InChI is InChI=1S/C22H24N4O3/c1-26-12-14-3-2-4-19-20(21(14)25-26)18(11-23-19)22(27)24-15-5-7-16(8-6-15)29-17-9-10-28-13-17/h5-8,11-12,17,23H,2-4,9-10,13H2,1H3,(H,24,27)/t17-/m0/s1. The molecule has 0 bridgehead atoms. The molecule has 1 aromatic carbocycles. The van der Waals surface area contributed by atoms with Crippen molar-refractivity contribution >= 4 is 11.6 Å². The quantitative estimate of drug-likeness (QED) is 0.714. The molecule has 1 aliphatic carbocycles. The fraction of sp³-hybridized carbons (Fsp3) is 0.364. The number of rotatable bonds is 4. The van der Waals surface area contributed by atoms with E-state index in [0.29, 0.717) is 12.2 Å². The molecule has 29 heavy (non-hydrogen) atoms. The van der Waals surface area contributed by atoms with Gasteiger partial charge in [-0.05, 0) is 49.1 Å². The highest BCUT2D eigenvalue weighted by Crippen LogP contribution is 2.34. The van der Waals surface area contributed by atoms with Crippen molar-refractivity contribution in [2.24, 2.45) is 7.05 Å². The van der Waals surface area contributed by atoms with Crippen LogP contribution in [0.2, 0.25) is 0 Å². The molecular weight excluding hydrogens is 368 g/mol. The van der Waals surface area contributed by atoms with Crippen LogP contribution in [-0.4, -0.2) is 40.0 Å². The highest BCUT2D eigenvalue weighted by atomic mass is 16.5. The monoisotopic (exact) mass is 392 g/mol. The van der Waals surface area contributed by atoms with E-state index < -0.39 is 0 Å². The van der Waals surface area contributed by atoms with Gasteiger partial charge in [0, 0.05) is 42.8 Å². The summed E-state index contributed by atoms with van der Waals surface area (Å²) in [6, 6.07) is 7.48. The minimum absolute atomic E-state index is 0.110. The first-order chi connectivity index (χ1) is 14.2. The normalized spacial score (nSPS) is 18.0. The number of nitrogens with one attached hydrogen (secondary N) is 2. The number of fused-ring (bicyclic) bond motifs is 3. The minimum atomic E-state index is -0.140. The van der Waals surface area contributed by atoms with Crippen LogP contribution in [0.25, 0.3) is 11.3 Å². The number of benzene rings is 1. The average molecular weight is 392 g/mol. The van der Waals surface area contributed by atoms with Gasteiger partial charge in [-0.15, -0.1) is 0 Å². The van der Waals surface area contributed by atoms with Gasteiger partial charge in [-0.3, -0.25) is 9.48 Å². The Morgan fingerprint density at radius 2 is 2.17 bits per heavy atom. The fourth-order valence-corrected chi connectivity index (χ4v) is 4.11. The number of amides is 1. The van der Waals surface area contributed by atoms with E-state index in [1.165, 1.54) is 5.56 Å². The van der Waals surface area contributed by atoms with Crippen LogP contribution in [0.1, 0.15) is 34.5 Å². The first kappa shape index (κ1) is 18.0. The molecule has 0 spiro atoms. The Morgan fingerprint density at radius 1 is 1.31 bits per heavy atom. The van der Waals surface area contributed by atoms with Gasteiger partial charge in [-0.1, -0.05) is 0 Å². The van der Waals surface area contributed by atoms with E-state index in [9.17, 15) is 4.79 Å². The predicted octanol–water partition coefficient (Wildman–Crippen LogP) is 3.32. The van der Waals surface area contributed by atoms with Crippen molar-refractivity contribution in [1.29, 1.82) is 0 Å². The Labute approximate surface area is 169 Å². The van der Waals surface area contributed by atoms with Crippen molar-refractivity contribution in [1.82, 2.24) is 14.8 Å². The number of anilines is 1. The van der Waals surface area contributed by atoms with E-state index in [4.69, 9.17) is 9.47 Å². The number of aromatic nitrogens is 3. The number of hydrogen-bond donors (Lipinski definition) is 2. The number of nitrogens with zero attached hydrogens (tertiary/aromatic N) is 2. The number of H-pyrrole nitrogens is 1. The van der Waals surface area contributed by atoms with Crippen LogP contribution in [-0.2, 0) is 24.6 Å². The second-order valence-electron chi connectivity index (χ2n) is 7.67. The van der Waals surface area contributed by atoms with Crippen molar-refractivity contribution < 1.29 is 14.3 Å². The maximum Gasteiger partial charge on any atom is 0.257 e. The molecule has 7 nitrogen and oxygen atoms in total. The summed E-state index contributed by atoms with van der Waals surface area (Å²) >= 11 is 0. The molecule has 1 atom stereocenters. The molecule has 3 aromatic rings. The summed E-state index contributed by atoms with van der Waals surface area (Å²) in [6.45, 7) is 1.38. The first-order valence-electron chi connectivity index (χ1n) is 10.1. The second-order valence-corrected chi connectivity index (χ2v) is 7.67. The Balaban J connectivity index is 1.35. The zero-order chi connectivity index (χ0) is 19.8. The lowest BCUT2D eigenvalue weighted by molar-refractivity contribution is 0.102. The molecule has 1 amide bonds. The smallest absolute Gasteiger partial charge is 0.257 e. The van der Waals surface area contributed by atoms with E-state index in [-0.39, 0.29) is 12.0 Å². The third kappa shape index (κ3) is 3.53. The Morgan fingerprint density at radius 3 is 2.97 bits per heavy atom. The summed E-state index contributed by atoms with van der Waals surface area (Å²) in [6.07, 6.45) is 7.79. The number of hydrogen-bond acceptors (Lipinski definition) is 4. The van der Waals surface area contributed by atoms with Crippen LogP contribution >= 0.6 is 0 Å². The lowest BCUT2D eigenvalue weighted by Gasteiger charge is -2.12. The Kier molecular flexibility index (Phi) is 4.60. The number of ether oxygens (including phenoxy) is 2. The van der Waals surface area contributed by atoms with Crippen LogP contribution < -0.4 is 10.1 Å². The van der Waals surface area contributed by atoms with Crippen molar-refractivity contribution in [2.75, 3.05) is 18.5 Å². The van der Waals surface area contributed by atoms with Crippen LogP contribution in [0.4, 0.5) is 5.69 Å². The Bertz CT molecular complexity index is 1030. The number of carbonyl (C=O) groups excluding carboxylic acids is 1. The molecule has 5 rings (SSSR count). The van der Waals surface area contributed by atoms with Gasteiger partial charge in [-0.2, -0.15) is 5.10 Å². The van der Waals surface area contributed by atoms with Crippen LogP contribution in [0.3, 0.4) is 0 Å². The number of aromatic amines is 1. The molecule has 1 aliphatic heterocycles. The van der Waals surface area contributed by atoms with Crippen molar-refractivity contribution in [3.8, 4) is 17.0 Å². The molecule has 0 radical (unpaired) electrons. The number of aryl methyl sites for hydroxylation is 3. The van der Waals surface area contributed by atoms with Gasteiger partial charge >= 0.3 is 0 Å². The summed E-state index contributed by atoms with van der Waals surface area (Å²) < 4.78 is 13.0. The maximum absolute atomic E-state index is 13.0. The lowest BCUT2D eigenvalue weighted by Crippen LogP contribution is -2.16. The molecule has 1 fully saturated rings. The van der Waals surface area contributed by atoms with Gasteiger partial charge in [-0.25, -0.2) is 0 Å². The lowest BCUT2D eigenvalue weighted by atomic mass is 10.0. The van der Waals surface area contributed by atoms with Gasteiger partial charge in [0.15, 0.2) is 0 Å². The third-order valence-corrected chi connectivity index (χ3v) is 5.52. The first-order valence-corrected chi connectivity index (χ1v) is 10.1. The summed E-state index contributed by atoms with van der Waals surface area (Å²) in [4.78, 5) is 16.3. The molecule has 1 saturated heterocycles. The molecule has 2 aliphatic rings. The van der Waals surface area contributed by atoms with E-state index in [1.54, 1.807) is 6.20 Å². The molecule has 2 aromatic heterocycles. The molecular formula is C22H24N4O3. The summed E-state index contributed by atoms with van der Waals surface area (Å²) in [5, 5.41) is 7.62. The molecule has 150 valence electrons. The van der Waals surface area contributed by atoms with Crippen LogP contribution in [0.5, 0.6) is 5.75 Å². The molecule has 0 saturated carbocycles. The van der Waals surface area contributed by atoms with E-state index in [0.717, 1.165) is 60.7 Å². The van der Waals surface area contributed by atoms with E-state index in [2.05, 4.69) is 15.4 Å². The molecule has 2 N–H and O–H groups in total. The third-order valence-electron chi connectivity index (χ3n) is 5.52. The minimum Gasteiger partial charge on any atom is -0.488 e. The average Bonchev–Trinajstić information content (AvgIpc) is 3.42. The van der Waals surface area contributed by atoms with E-state index >= 15 is 0 Å². The zero-order valence-corrected chi connectivity index (χ0v) is 16.4. The van der Waals surface area contributed by atoms with E-state index in [1.807, 2.05) is 42.2 Å².